The van der Waals surface area contributed by atoms with E-state index in [9.17, 15) is 14.4 Å². The highest BCUT2D eigenvalue weighted by molar-refractivity contribution is 6.00. The molecule has 1 aromatic carbocycles. The van der Waals surface area contributed by atoms with Crippen molar-refractivity contribution in [2.75, 3.05) is 6.61 Å². The van der Waals surface area contributed by atoms with Crippen LogP contribution >= 0.6 is 0 Å². The smallest absolute Gasteiger partial charge is 0.323 e. The molecule has 1 atom stereocenters. The Bertz CT molecular complexity index is 1650. The van der Waals surface area contributed by atoms with Crippen LogP contribution in [0.4, 0.5) is 0 Å². The number of H-pyrrole nitrogens is 1. The molecule has 1 fully saturated rings. The Hall–Kier alpha value is -4.25. The highest BCUT2D eigenvalue weighted by atomic mass is 16.6. The van der Waals surface area contributed by atoms with E-state index in [1.807, 2.05) is 38.1 Å². The van der Waals surface area contributed by atoms with Crippen molar-refractivity contribution < 1.29 is 19.1 Å². The van der Waals surface area contributed by atoms with Gasteiger partial charge in [0, 0.05) is 17.3 Å². The van der Waals surface area contributed by atoms with Crippen molar-refractivity contribution in [2.24, 2.45) is 11.7 Å². The first kappa shape index (κ1) is 29.2. The number of fused-ring (bicyclic) bond motifs is 2. The van der Waals surface area contributed by atoms with E-state index in [1.54, 1.807) is 42.9 Å². The zero-order valence-corrected chi connectivity index (χ0v) is 24.4. The number of aromatic amines is 1. The summed E-state index contributed by atoms with van der Waals surface area (Å²) >= 11 is 0. The Balaban J connectivity index is 1.17. The van der Waals surface area contributed by atoms with Crippen molar-refractivity contribution in [3.63, 3.8) is 0 Å². The van der Waals surface area contributed by atoms with Gasteiger partial charge in [0.1, 0.15) is 24.0 Å². The molecule has 0 radical (unpaired) electrons. The van der Waals surface area contributed by atoms with E-state index in [-0.39, 0.29) is 36.0 Å². The molecular weight excluding hydrogens is 536 g/mol. The van der Waals surface area contributed by atoms with Gasteiger partial charge in [-0.15, -0.1) is 0 Å². The van der Waals surface area contributed by atoms with E-state index in [2.05, 4.69) is 20.6 Å². The fourth-order valence-electron chi connectivity index (χ4n) is 5.35. The number of nitrogens with one attached hydrogen (secondary N) is 2. The molecule has 1 aliphatic carbocycles. The largest absolute Gasteiger partial charge is 0.488 e. The molecule has 1 saturated carbocycles. The minimum Gasteiger partial charge on any atom is -0.488 e. The lowest BCUT2D eigenvalue weighted by Gasteiger charge is -2.29. The summed E-state index contributed by atoms with van der Waals surface area (Å²) in [7, 11) is 0. The van der Waals surface area contributed by atoms with Crippen LogP contribution in [0.2, 0.25) is 0 Å². The van der Waals surface area contributed by atoms with Crippen molar-refractivity contribution in [2.45, 2.75) is 77.0 Å². The van der Waals surface area contributed by atoms with Gasteiger partial charge >= 0.3 is 5.97 Å². The molecule has 0 spiro atoms. The molecule has 3 aromatic heterocycles. The topological polar surface area (TPSA) is 154 Å². The standard InChI is InChI=1S/C31H38N6O5/c1-18(2)26(32)30(40)42-31(3,4)17-41-21-13-14-25-24(15-33-37(25)16-21)28(38)34-20-11-9-19(10-12-20)27-22-7-5-6-8-23(22)29(39)36-35-27/h5-8,13-16,18-20,26H,9-12,17,32H2,1-4H3,(H,34,38)(H,36,39)/t19?,20?,26-/m0/s1. The molecule has 0 unspecified atom stereocenters. The monoisotopic (exact) mass is 574 g/mol. The molecule has 0 aliphatic heterocycles. The van der Waals surface area contributed by atoms with E-state index in [0.717, 1.165) is 36.8 Å². The fourth-order valence-corrected chi connectivity index (χ4v) is 5.35. The minimum atomic E-state index is -0.881. The fraction of sp³-hybridized carbons (Fsp3) is 0.452. The number of hydrogen-bond donors (Lipinski definition) is 3. The van der Waals surface area contributed by atoms with Crippen LogP contribution in [-0.4, -0.2) is 56.0 Å². The van der Waals surface area contributed by atoms with E-state index < -0.39 is 17.6 Å². The molecule has 42 heavy (non-hydrogen) atoms. The molecule has 4 aromatic rings. The number of nitrogens with two attached hydrogens (primary N) is 1. The Morgan fingerprint density at radius 3 is 2.55 bits per heavy atom. The number of esters is 1. The van der Waals surface area contributed by atoms with E-state index in [4.69, 9.17) is 15.2 Å². The molecule has 4 N–H and O–H groups in total. The van der Waals surface area contributed by atoms with Crippen LogP contribution in [0.25, 0.3) is 16.3 Å². The van der Waals surface area contributed by atoms with E-state index in [0.29, 0.717) is 22.2 Å². The van der Waals surface area contributed by atoms with Crippen LogP contribution in [0, 0.1) is 5.92 Å². The minimum absolute atomic E-state index is 0.0295. The van der Waals surface area contributed by atoms with Gasteiger partial charge in [-0.2, -0.15) is 10.2 Å². The molecule has 222 valence electrons. The molecule has 11 heteroatoms. The molecule has 0 saturated heterocycles. The average Bonchev–Trinajstić information content (AvgIpc) is 3.40. The van der Waals surface area contributed by atoms with Gasteiger partial charge in [0.15, 0.2) is 0 Å². The van der Waals surface area contributed by atoms with Gasteiger partial charge in [0.2, 0.25) is 0 Å². The van der Waals surface area contributed by atoms with Crippen LogP contribution < -0.4 is 21.3 Å². The van der Waals surface area contributed by atoms with E-state index in [1.165, 1.54) is 0 Å². The third-order valence-electron chi connectivity index (χ3n) is 7.86. The van der Waals surface area contributed by atoms with Gasteiger partial charge in [0.25, 0.3) is 11.5 Å². The van der Waals surface area contributed by atoms with Gasteiger partial charge < -0.3 is 20.5 Å². The Kier molecular flexibility index (Phi) is 8.31. The Morgan fingerprint density at radius 2 is 1.83 bits per heavy atom. The SMILES string of the molecule is CC(C)[C@H](N)C(=O)OC(C)(C)COc1ccc2c(C(=O)NC3CCC(c4n[nH]c(=O)c5ccccc45)CC3)cnn2c1. The molecule has 11 nitrogen and oxygen atoms in total. The maximum atomic E-state index is 13.2. The number of nitrogens with zero attached hydrogens (tertiary/aromatic N) is 3. The van der Waals surface area contributed by atoms with Crippen LogP contribution in [0.3, 0.4) is 0 Å². The number of benzene rings is 1. The maximum absolute atomic E-state index is 13.2. The summed E-state index contributed by atoms with van der Waals surface area (Å²) in [5.74, 6) is 0.0709. The summed E-state index contributed by atoms with van der Waals surface area (Å²) in [6.45, 7) is 7.38. The van der Waals surface area contributed by atoms with Crippen LogP contribution in [0.5, 0.6) is 5.75 Å². The van der Waals surface area contributed by atoms with Crippen molar-refractivity contribution in [1.29, 1.82) is 0 Å². The van der Waals surface area contributed by atoms with Gasteiger partial charge in [0.05, 0.1) is 34.6 Å². The van der Waals surface area contributed by atoms with Crippen molar-refractivity contribution in [3.8, 4) is 5.75 Å². The number of rotatable bonds is 9. The molecular formula is C31H38N6O5. The summed E-state index contributed by atoms with van der Waals surface area (Å²) in [4.78, 5) is 37.6. The second-order valence-electron chi connectivity index (χ2n) is 12.0. The lowest BCUT2D eigenvalue weighted by atomic mass is 9.82. The zero-order valence-electron chi connectivity index (χ0n) is 24.4. The van der Waals surface area contributed by atoms with Gasteiger partial charge in [-0.3, -0.25) is 14.4 Å². The molecule has 1 aliphatic rings. The number of ether oxygens (including phenoxy) is 2. The van der Waals surface area contributed by atoms with Crippen LogP contribution in [0.15, 0.2) is 53.6 Å². The number of hydrogen-bond acceptors (Lipinski definition) is 8. The van der Waals surface area contributed by atoms with Crippen molar-refractivity contribution >= 4 is 28.2 Å². The van der Waals surface area contributed by atoms with Crippen molar-refractivity contribution in [3.05, 3.63) is 70.4 Å². The molecule has 3 heterocycles. The summed E-state index contributed by atoms with van der Waals surface area (Å²) in [5, 5.41) is 16.1. The number of carbonyl (C=O) groups is 2. The quantitative estimate of drug-likeness (QED) is 0.256. The van der Waals surface area contributed by atoms with Crippen molar-refractivity contribution in [1.82, 2.24) is 25.1 Å². The summed E-state index contributed by atoms with van der Waals surface area (Å²) in [6, 6.07) is 10.4. The summed E-state index contributed by atoms with van der Waals surface area (Å²) in [5.41, 5.74) is 6.89. The molecule has 5 rings (SSSR count). The summed E-state index contributed by atoms with van der Waals surface area (Å²) in [6.07, 6.45) is 6.58. The van der Waals surface area contributed by atoms with Gasteiger partial charge in [-0.25, -0.2) is 9.61 Å². The van der Waals surface area contributed by atoms with E-state index >= 15 is 0 Å². The predicted molar refractivity (Wildman–Crippen MR) is 158 cm³/mol. The van der Waals surface area contributed by atoms with Gasteiger partial charge in [-0.1, -0.05) is 32.0 Å². The first-order chi connectivity index (χ1) is 20.0. The van der Waals surface area contributed by atoms with Gasteiger partial charge in [-0.05, 0) is 63.6 Å². The van der Waals surface area contributed by atoms with Crippen LogP contribution in [0.1, 0.15) is 75.3 Å². The third-order valence-corrected chi connectivity index (χ3v) is 7.86. The number of carbonyl (C=O) groups excluding carboxylic acids is 2. The summed E-state index contributed by atoms with van der Waals surface area (Å²) < 4.78 is 13.0. The molecule has 1 amide bonds. The lowest BCUT2D eigenvalue weighted by molar-refractivity contribution is -0.161. The zero-order chi connectivity index (χ0) is 30.0. The first-order valence-corrected chi connectivity index (χ1v) is 14.4. The normalized spacial score (nSPS) is 18.2. The second-order valence-corrected chi connectivity index (χ2v) is 12.0. The van der Waals surface area contributed by atoms with Crippen LogP contribution in [-0.2, 0) is 9.53 Å². The third kappa shape index (κ3) is 6.30. The number of amides is 1. The number of aromatic nitrogens is 4. The predicted octanol–water partition coefficient (Wildman–Crippen LogP) is 3.71. The number of pyridine rings is 1. The highest BCUT2D eigenvalue weighted by Crippen LogP contribution is 2.34. The highest BCUT2D eigenvalue weighted by Gasteiger charge is 2.29. The molecule has 0 bridgehead atoms. The lowest BCUT2D eigenvalue weighted by Crippen LogP contribution is -2.44. The maximum Gasteiger partial charge on any atom is 0.323 e. The average molecular weight is 575 g/mol. The second kappa shape index (κ2) is 11.9. The Morgan fingerprint density at radius 1 is 1.12 bits per heavy atom. The Labute approximate surface area is 243 Å². The first-order valence-electron chi connectivity index (χ1n) is 14.4.